The maximum atomic E-state index is 11.1. The number of nitrogens with two attached hydrogens (primary N) is 1. The van der Waals surface area contributed by atoms with Gasteiger partial charge in [-0.15, -0.1) is 0 Å². The van der Waals surface area contributed by atoms with Gasteiger partial charge in [0.15, 0.2) is 5.65 Å². The second-order valence-electron chi connectivity index (χ2n) is 2.31. The van der Waals surface area contributed by atoms with Gasteiger partial charge in [-0.2, -0.15) is 0 Å². The van der Waals surface area contributed by atoms with Crippen LogP contribution in [0.5, 0.6) is 0 Å². The Hall–Kier alpha value is -1.05. The zero-order valence-corrected chi connectivity index (χ0v) is 8.07. The molecular formula is C6H5IN4O. The van der Waals surface area contributed by atoms with Gasteiger partial charge in [-0.1, -0.05) is 0 Å². The third-order valence-electron chi connectivity index (χ3n) is 1.56. The fourth-order valence-electron chi connectivity index (χ4n) is 0.994. The van der Waals surface area contributed by atoms with Crippen LogP contribution >= 0.6 is 22.9 Å². The van der Waals surface area contributed by atoms with Crippen molar-refractivity contribution in [1.29, 1.82) is 0 Å². The number of nitrogens with one attached hydrogen (secondary N) is 1. The SMILES string of the molecule is Nc1ccnc2c1[nH]c(=O)n2I. The summed E-state index contributed by atoms with van der Waals surface area (Å²) in [5, 5.41) is 0. The van der Waals surface area contributed by atoms with Gasteiger partial charge in [0.25, 0.3) is 0 Å². The van der Waals surface area contributed by atoms with E-state index in [1.807, 2.05) is 22.9 Å². The number of nitrogens with zero attached hydrogens (tertiary/aromatic N) is 2. The number of halogens is 1. The Bertz CT molecular complexity index is 486. The zero-order valence-electron chi connectivity index (χ0n) is 5.91. The molecule has 2 aromatic heterocycles. The summed E-state index contributed by atoms with van der Waals surface area (Å²) in [7, 11) is 0. The number of hydrogen-bond donors (Lipinski definition) is 2. The molecule has 3 N–H and O–H groups in total. The van der Waals surface area contributed by atoms with Crippen LogP contribution in [0.1, 0.15) is 0 Å². The topological polar surface area (TPSA) is 76.7 Å². The molecule has 2 rings (SSSR count). The smallest absolute Gasteiger partial charge is 0.336 e. The summed E-state index contributed by atoms with van der Waals surface area (Å²) in [6, 6.07) is 1.65. The van der Waals surface area contributed by atoms with Gasteiger partial charge in [-0.25, -0.2) is 12.6 Å². The van der Waals surface area contributed by atoms with E-state index in [0.717, 1.165) is 0 Å². The van der Waals surface area contributed by atoms with E-state index in [2.05, 4.69) is 9.97 Å². The Labute approximate surface area is 81.1 Å². The standard InChI is InChI=1S/C6H5IN4O/c7-11-5-4(10-6(11)12)3(8)1-2-9-5/h1-2H,(H2,8,9)(H,10,12). The van der Waals surface area contributed by atoms with Crippen LogP contribution in [0, 0.1) is 0 Å². The quantitative estimate of drug-likeness (QED) is 0.688. The van der Waals surface area contributed by atoms with Crippen molar-refractivity contribution in [2.24, 2.45) is 0 Å². The Morgan fingerprint density at radius 3 is 3.08 bits per heavy atom. The van der Waals surface area contributed by atoms with Gasteiger partial charge in [0.2, 0.25) is 0 Å². The van der Waals surface area contributed by atoms with Crippen LogP contribution in [-0.4, -0.2) is 12.7 Å². The van der Waals surface area contributed by atoms with E-state index < -0.39 is 0 Å². The minimum atomic E-state index is -0.212. The molecule has 0 radical (unpaired) electrons. The van der Waals surface area contributed by atoms with E-state index in [4.69, 9.17) is 5.73 Å². The van der Waals surface area contributed by atoms with Gasteiger partial charge < -0.3 is 10.7 Å². The van der Waals surface area contributed by atoms with Crippen molar-refractivity contribution in [3.05, 3.63) is 22.7 Å². The number of fused-ring (bicyclic) bond motifs is 1. The lowest BCUT2D eigenvalue weighted by atomic mass is 10.4. The van der Waals surface area contributed by atoms with Gasteiger partial charge in [0.1, 0.15) is 5.52 Å². The van der Waals surface area contributed by atoms with Gasteiger partial charge in [0, 0.05) is 6.20 Å². The molecule has 0 aliphatic rings. The first-order valence-electron chi connectivity index (χ1n) is 3.21. The predicted octanol–water partition coefficient (Wildman–Crippen LogP) is 0.505. The van der Waals surface area contributed by atoms with E-state index in [1.165, 1.54) is 2.78 Å². The Kier molecular flexibility index (Phi) is 1.56. The molecule has 2 heterocycles. The second kappa shape index (κ2) is 2.47. The third-order valence-corrected chi connectivity index (χ3v) is 2.45. The highest BCUT2D eigenvalue weighted by molar-refractivity contribution is 14.1. The van der Waals surface area contributed by atoms with Gasteiger partial charge in [-0.05, 0) is 6.07 Å². The fourth-order valence-corrected chi connectivity index (χ4v) is 1.48. The van der Waals surface area contributed by atoms with Crippen LogP contribution in [0.15, 0.2) is 17.1 Å². The minimum Gasteiger partial charge on any atom is -0.397 e. The van der Waals surface area contributed by atoms with Crippen molar-refractivity contribution in [3.8, 4) is 0 Å². The summed E-state index contributed by atoms with van der Waals surface area (Å²) < 4.78 is 1.39. The lowest BCUT2D eigenvalue weighted by Crippen LogP contribution is -2.07. The fraction of sp³-hybridized carbons (Fsp3) is 0. The van der Waals surface area contributed by atoms with Crippen molar-refractivity contribution in [2.75, 3.05) is 5.73 Å². The Morgan fingerprint density at radius 2 is 2.42 bits per heavy atom. The average Bonchev–Trinajstić information content (AvgIpc) is 2.32. The molecule has 0 bridgehead atoms. The highest BCUT2D eigenvalue weighted by Gasteiger charge is 2.06. The van der Waals surface area contributed by atoms with Gasteiger partial charge in [-0.3, -0.25) is 0 Å². The minimum absolute atomic E-state index is 0.212. The van der Waals surface area contributed by atoms with Crippen molar-refractivity contribution in [3.63, 3.8) is 0 Å². The van der Waals surface area contributed by atoms with Crippen molar-refractivity contribution in [2.45, 2.75) is 0 Å². The molecule has 0 fully saturated rings. The highest BCUT2D eigenvalue weighted by atomic mass is 127. The number of hydrogen-bond acceptors (Lipinski definition) is 3. The van der Waals surface area contributed by atoms with E-state index in [9.17, 15) is 4.79 Å². The van der Waals surface area contributed by atoms with E-state index in [0.29, 0.717) is 16.9 Å². The molecular weight excluding hydrogens is 271 g/mol. The van der Waals surface area contributed by atoms with Crippen molar-refractivity contribution in [1.82, 2.24) is 12.7 Å². The van der Waals surface area contributed by atoms with Crippen LogP contribution in [0.4, 0.5) is 5.69 Å². The molecule has 0 aliphatic heterocycles. The van der Waals surface area contributed by atoms with Crippen molar-refractivity contribution < 1.29 is 0 Å². The monoisotopic (exact) mass is 276 g/mol. The number of H-pyrrole nitrogens is 1. The molecule has 12 heavy (non-hydrogen) atoms. The first-order valence-corrected chi connectivity index (χ1v) is 4.18. The lowest BCUT2D eigenvalue weighted by Gasteiger charge is -1.92. The number of aromatic amines is 1. The number of anilines is 1. The molecule has 6 heteroatoms. The zero-order chi connectivity index (χ0) is 8.72. The number of nitrogen functional groups attached to an aromatic ring is 1. The highest BCUT2D eigenvalue weighted by Crippen LogP contribution is 2.15. The van der Waals surface area contributed by atoms with E-state index in [1.54, 1.807) is 12.3 Å². The maximum absolute atomic E-state index is 11.1. The van der Waals surface area contributed by atoms with Crippen LogP contribution in [0.2, 0.25) is 0 Å². The maximum Gasteiger partial charge on any atom is 0.336 e. The molecule has 0 aliphatic carbocycles. The number of pyridine rings is 1. The van der Waals surface area contributed by atoms with Crippen LogP contribution < -0.4 is 11.4 Å². The predicted molar refractivity (Wildman–Crippen MR) is 54.2 cm³/mol. The van der Waals surface area contributed by atoms with Crippen LogP contribution in [-0.2, 0) is 0 Å². The van der Waals surface area contributed by atoms with Gasteiger partial charge in [0.05, 0.1) is 28.6 Å². The molecule has 0 atom stereocenters. The third kappa shape index (κ3) is 0.909. The summed E-state index contributed by atoms with van der Waals surface area (Å²) in [6.45, 7) is 0. The number of rotatable bonds is 0. The summed E-state index contributed by atoms with van der Waals surface area (Å²) >= 11 is 1.87. The first-order chi connectivity index (χ1) is 5.70. The second-order valence-corrected chi connectivity index (χ2v) is 3.27. The molecule has 0 unspecified atom stereocenters. The van der Waals surface area contributed by atoms with E-state index in [-0.39, 0.29) is 5.69 Å². The molecule has 0 aromatic carbocycles. The van der Waals surface area contributed by atoms with Crippen molar-refractivity contribution >= 4 is 39.7 Å². The number of aromatic nitrogens is 3. The largest absolute Gasteiger partial charge is 0.397 e. The summed E-state index contributed by atoms with van der Waals surface area (Å²) in [5.41, 5.74) is 7.10. The summed E-state index contributed by atoms with van der Waals surface area (Å²) in [6.07, 6.45) is 1.57. The van der Waals surface area contributed by atoms with Crippen LogP contribution in [0.25, 0.3) is 11.2 Å². The molecule has 62 valence electrons. The van der Waals surface area contributed by atoms with Gasteiger partial charge >= 0.3 is 5.69 Å². The normalized spacial score (nSPS) is 10.8. The number of imidazole rings is 1. The Morgan fingerprint density at radius 1 is 1.67 bits per heavy atom. The molecule has 0 saturated heterocycles. The molecule has 2 aromatic rings. The molecule has 5 nitrogen and oxygen atoms in total. The Balaban J connectivity index is 3.05. The average molecular weight is 276 g/mol. The molecule has 0 spiro atoms. The van der Waals surface area contributed by atoms with E-state index >= 15 is 0 Å². The summed E-state index contributed by atoms with van der Waals surface area (Å²) in [4.78, 5) is 17.7. The summed E-state index contributed by atoms with van der Waals surface area (Å²) in [5.74, 6) is 0. The first kappa shape index (κ1) is 7.59. The molecule has 0 amide bonds. The lowest BCUT2D eigenvalue weighted by molar-refractivity contribution is 1.17. The van der Waals surface area contributed by atoms with Crippen LogP contribution in [0.3, 0.4) is 0 Å². The molecule has 0 saturated carbocycles.